The van der Waals surface area contributed by atoms with Crippen LogP contribution in [0.2, 0.25) is 0 Å². The average molecular weight is 366 g/mol. The van der Waals surface area contributed by atoms with E-state index in [4.69, 9.17) is 5.26 Å². The molecule has 1 N–H and O–H groups in total. The number of nitrogens with one attached hydrogen (secondary N) is 1. The first kappa shape index (κ1) is 18.6. The molecule has 0 aliphatic heterocycles. The van der Waals surface area contributed by atoms with Gasteiger partial charge in [0.15, 0.2) is 0 Å². The molecule has 1 aromatic heterocycles. The Balaban J connectivity index is 1.76. The molecule has 0 bridgehead atoms. The molecule has 0 atom stereocenters. The molecule has 0 saturated heterocycles. The second-order valence-corrected chi connectivity index (χ2v) is 6.89. The zero-order valence-electron chi connectivity index (χ0n) is 15.3. The first-order valence-electron chi connectivity index (χ1n) is 9.07. The zero-order chi connectivity index (χ0) is 19.4. The highest BCUT2D eigenvalue weighted by atomic mass is 16.2. The standard InChI is InChI=1S/C20H22N4O3/c1-2-23-12-15(11-21)18(26)24(19(23)27)13-17(25)22-14-20(9-6-10-20)16-7-4-3-5-8-16/h3-5,7-8,12H,2,6,9-10,13-14H2,1H3,(H,22,25). The number of benzene rings is 1. The fraction of sp³-hybridized carbons (Fsp3) is 0.400. The molecule has 2 aromatic rings. The van der Waals surface area contributed by atoms with Crippen molar-refractivity contribution >= 4 is 5.91 Å². The first-order valence-corrected chi connectivity index (χ1v) is 9.07. The molecule has 1 fully saturated rings. The third kappa shape index (κ3) is 3.56. The predicted octanol–water partition coefficient (Wildman–Crippen LogP) is 1.14. The number of rotatable bonds is 6. The van der Waals surface area contributed by atoms with Crippen LogP contribution >= 0.6 is 0 Å². The molecule has 1 aromatic carbocycles. The van der Waals surface area contributed by atoms with E-state index in [1.807, 2.05) is 18.2 Å². The van der Waals surface area contributed by atoms with Crippen molar-refractivity contribution in [2.45, 2.75) is 44.7 Å². The molecule has 0 radical (unpaired) electrons. The van der Waals surface area contributed by atoms with Crippen LogP contribution in [0.15, 0.2) is 46.1 Å². The monoisotopic (exact) mass is 366 g/mol. The quantitative estimate of drug-likeness (QED) is 0.829. The Morgan fingerprint density at radius 2 is 1.96 bits per heavy atom. The third-order valence-electron chi connectivity index (χ3n) is 5.32. The summed E-state index contributed by atoms with van der Waals surface area (Å²) in [5.74, 6) is -0.408. The Morgan fingerprint density at radius 3 is 2.52 bits per heavy atom. The summed E-state index contributed by atoms with van der Waals surface area (Å²) >= 11 is 0. The highest BCUT2D eigenvalue weighted by molar-refractivity contribution is 5.75. The number of nitriles is 1. The maximum Gasteiger partial charge on any atom is 0.331 e. The largest absolute Gasteiger partial charge is 0.354 e. The number of hydrogen-bond acceptors (Lipinski definition) is 4. The van der Waals surface area contributed by atoms with Crippen molar-refractivity contribution in [1.29, 1.82) is 5.26 Å². The van der Waals surface area contributed by atoms with Crippen LogP contribution in [0.1, 0.15) is 37.3 Å². The SMILES string of the molecule is CCn1cc(C#N)c(=O)n(CC(=O)NCC2(c3ccccc3)CCC2)c1=O. The molecular formula is C20H22N4O3. The number of carbonyl (C=O) groups is 1. The van der Waals surface area contributed by atoms with Gasteiger partial charge in [0.05, 0.1) is 0 Å². The lowest BCUT2D eigenvalue weighted by Gasteiger charge is -2.42. The van der Waals surface area contributed by atoms with Crippen molar-refractivity contribution in [2.75, 3.05) is 6.54 Å². The van der Waals surface area contributed by atoms with Crippen LogP contribution < -0.4 is 16.6 Å². The second-order valence-electron chi connectivity index (χ2n) is 6.89. The van der Waals surface area contributed by atoms with Crippen LogP contribution in [0.25, 0.3) is 0 Å². The van der Waals surface area contributed by atoms with Crippen LogP contribution in [0.5, 0.6) is 0 Å². The van der Waals surface area contributed by atoms with Crippen LogP contribution in [-0.2, 0) is 23.3 Å². The predicted molar refractivity (Wildman–Crippen MR) is 100 cm³/mol. The lowest BCUT2D eigenvalue weighted by atomic mass is 9.64. The van der Waals surface area contributed by atoms with Gasteiger partial charge in [-0.1, -0.05) is 36.8 Å². The minimum atomic E-state index is -0.733. The van der Waals surface area contributed by atoms with Crippen LogP contribution in [-0.4, -0.2) is 21.6 Å². The molecule has 3 rings (SSSR count). The third-order valence-corrected chi connectivity index (χ3v) is 5.32. The van der Waals surface area contributed by atoms with E-state index in [1.54, 1.807) is 13.0 Å². The average Bonchev–Trinajstić information content (AvgIpc) is 2.65. The van der Waals surface area contributed by atoms with Crippen molar-refractivity contribution in [2.24, 2.45) is 0 Å². The summed E-state index contributed by atoms with van der Waals surface area (Å²) in [5.41, 5.74) is -0.362. The molecular weight excluding hydrogens is 344 g/mol. The summed E-state index contributed by atoms with van der Waals surface area (Å²) in [6.07, 6.45) is 4.32. The Morgan fingerprint density at radius 1 is 1.26 bits per heavy atom. The molecule has 0 spiro atoms. The van der Waals surface area contributed by atoms with Crippen molar-refractivity contribution in [1.82, 2.24) is 14.5 Å². The number of aromatic nitrogens is 2. The molecule has 1 aliphatic carbocycles. The highest BCUT2D eigenvalue weighted by Crippen LogP contribution is 2.43. The topological polar surface area (TPSA) is 96.9 Å². The number of aryl methyl sites for hydroxylation is 1. The number of carbonyl (C=O) groups excluding carboxylic acids is 1. The number of amides is 1. The van der Waals surface area contributed by atoms with E-state index in [2.05, 4.69) is 17.4 Å². The fourth-order valence-corrected chi connectivity index (χ4v) is 3.53. The molecule has 1 amide bonds. The van der Waals surface area contributed by atoms with Crippen LogP contribution in [0.4, 0.5) is 0 Å². The summed E-state index contributed by atoms with van der Waals surface area (Å²) in [4.78, 5) is 37.0. The Kier molecular flexibility index (Phi) is 5.26. The normalized spacial score (nSPS) is 14.8. The molecule has 140 valence electrons. The molecule has 1 saturated carbocycles. The van der Waals surface area contributed by atoms with E-state index in [0.717, 1.165) is 23.8 Å². The van der Waals surface area contributed by atoms with Gasteiger partial charge in [-0.05, 0) is 25.3 Å². The van der Waals surface area contributed by atoms with Gasteiger partial charge in [-0.15, -0.1) is 0 Å². The molecule has 1 aliphatic rings. The number of hydrogen-bond donors (Lipinski definition) is 1. The minimum absolute atomic E-state index is 0.0833. The van der Waals surface area contributed by atoms with Gasteiger partial charge >= 0.3 is 5.69 Å². The summed E-state index contributed by atoms with van der Waals surface area (Å²) in [6.45, 7) is 2.12. The summed E-state index contributed by atoms with van der Waals surface area (Å²) in [7, 11) is 0. The van der Waals surface area contributed by atoms with Gasteiger partial charge in [-0.2, -0.15) is 5.26 Å². The Hall–Kier alpha value is -3.14. The Labute approximate surface area is 156 Å². The minimum Gasteiger partial charge on any atom is -0.354 e. The van der Waals surface area contributed by atoms with Gasteiger partial charge in [0, 0.05) is 24.7 Å². The van der Waals surface area contributed by atoms with Gasteiger partial charge in [-0.3, -0.25) is 14.2 Å². The highest BCUT2D eigenvalue weighted by Gasteiger charge is 2.38. The van der Waals surface area contributed by atoms with Gasteiger partial charge in [0.25, 0.3) is 5.56 Å². The lowest BCUT2D eigenvalue weighted by molar-refractivity contribution is -0.122. The van der Waals surface area contributed by atoms with Crippen molar-refractivity contribution in [3.8, 4) is 6.07 Å². The number of nitrogens with zero attached hydrogens (tertiary/aromatic N) is 3. The van der Waals surface area contributed by atoms with E-state index >= 15 is 0 Å². The van der Waals surface area contributed by atoms with Gasteiger partial charge < -0.3 is 5.32 Å². The lowest BCUT2D eigenvalue weighted by Crippen LogP contribution is -2.48. The van der Waals surface area contributed by atoms with Crippen LogP contribution in [0, 0.1) is 11.3 Å². The molecule has 7 nitrogen and oxygen atoms in total. The first-order chi connectivity index (χ1) is 13.0. The second kappa shape index (κ2) is 7.62. The zero-order valence-corrected chi connectivity index (χ0v) is 15.3. The van der Waals surface area contributed by atoms with E-state index in [9.17, 15) is 14.4 Å². The maximum atomic E-state index is 12.4. The molecule has 1 heterocycles. The van der Waals surface area contributed by atoms with E-state index in [-0.39, 0.29) is 11.0 Å². The van der Waals surface area contributed by atoms with E-state index in [1.165, 1.54) is 16.3 Å². The summed E-state index contributed by atoms with van der Waals surface area (Å²) < 4.78 is 2.08. The molecule has 27 heavy (non-hydrogen) atoms. The van der Waals surface area contributed by atoms with Crippen molar-refractivity contribution in [3.63, 3.8) is 0 Å². The molecule has 0 unspecified atom stereocenters. The Bertz CT molecular complexity index is 995. The smallest absolute Gasteiger partial charge is 0.331 e. The van der Waals surface area contributed by atoms with Crippen molar-refractivity contribution in [3.05, 3.63) is 68.5 Å². The van der Waals surface area contributed by atoms with Crippen molar-refractivity contribution < 1.29 is 4.79 Å². The van der Waals surface area contributed by atoms with Gasteiger partial charge in [-0.25, -0.2) is 9.36 Å². The van der Waals surface area contributed by atoms with Crippen LogP contribution in [0.3, 0.4) is 0 Å². The maximum absolute atomic E-state index is 12.4. The fourth-order valence-electron chi connectivity index (χ4n) is 3.53. The van der Waals surface area contributed by atoms with E-state index < -0.39 is 23.7 Å². The van der Waals surface area contributed by atoms with Gasteiger partial charge in [0.2, 0.25) is 5.91 Å². The summed E-state index contributed by atoms with van der Waals surface area (Å²) in [6, 6.07) is 11.8. The van der Waals surface area contributed by atoms with E-state index in [0.29, 0.717) is 13.1 Å². The molecule has 7 heteroatoms. The van der Waals surface area contributed by atoms with Gasteiger partial charge in [0.1, 0.15) is 18.2 Å². The summed E-state index contributed by atoms with van der Waals surface area (Å²) in [5, 5.41) is 12.0.